The molecule has 0 saturated carbocycles. The van der Waals surface area contributed by atoms with Gasteiger partial charge < -0.3 is 19.5 Å². The highest BCUT2D eigenvalue weighted by Gasteiger charge is 2.20. The van der Waals surface area contributed by atoms with Crippen LogP contribution in [0.4, 0.5) is 0 Å². The maximum Gasteiger partial charge on any atom is 0.262 e. The molecule has 0 spiro atoms. The number of fused-ring (bicyclic) bond motifs is 1. The lowest BCUT2D eigenvalue weighted by atomic mass is 10.1. The van der Waals surface area contributed by atoms with Gasteiger partial charge in [0.15, 0.2) is 0 Å². The highest BCUT2D eigenvalue weighted by atomic mass is 16.5. The number of carbonyl (C=O) groups excluding carboxylic acids is 2. The second-order valence-corrected chi connectivity index (χ2v) is 7.83. The Morgan fingerprint density at radius 1 is 1.23 bits per heavy atom. The van der Waals surface area contributed by atoms with Gasteiger partial charge in [-0.3, -0.25) is 9.59 Å². The molecule has 2 amide bonds. The third-order valence-electron chi connectivity index (χ3n) is 5.76. The number of likely N-dealkylation sites (tertiary alicyclic amines) is 1. The van der Waals surface area contributed by atoms with E-state index in [-0.39, 0.29) is 24.1 Å². The third kappa shape index (κ3) is 4.39. The Bertz CT molecular complexity index is 1010. The highest BCUT2D eigenvalue weighted by Crippen LogP contribution is 2.24. The molecule has 7 heteroatoms. The summed E-state index contributed by atoms with van der Waals surface area (Å²) in [5, 5.41) is 13.2. The molecule has 156 valence electrons. The standard InChI is InChI=1S/C23H26N4O3/c24-13-17(23(29)25-14-19-6-5-11-30-19)12-18-15-27(21-8-2-1-7-20(18)21)16-22(28)26-9-3-4-10-26/h1-2,7-8,12,15,19H,3-6,9-11,14,16H2,(H,25,29)/b17-12+/t19-/m0/s1. The van der Waals surface area contributed by atoms with Crippen molar-refractivity contribution in [2.45, 2.75) is 38.3 Å². The number of nitriles is 1. The lowest BCUT2D eigenvalue weighted by molar-refractivity contribution is -0.130. The molecule has 0 bridgehead atoms. The molecule has 2 saturated heterocycles. The first kappa shape index (κ1) is 20.2. The molecule has 30 heavy (non-hydrogen) atoms. The lowest BCUT2D eigenvalue weighted by Crippen LogP contribution is -2.32. The number of hydrogen-bond acceptors (Lipinski definition) is 4. The number of rotatable bonds is 6. The normalized spacial score (nSPS) is 19.2. The summed E-state index contributed by atoms with van der Waals surface area (Å²) in [6, 6.07) is 9.74. The van der Waals surface area contributed by atoms with Crippen LogP contribution in [0.15, 0.2) is 36.0 Å². The van der Waals surface area contributed by atoms with Crippen molar-refractivity contribution < 1.29 is 14.3 Å². The minimum absolute atomic E-state index is 0.0207. The molecule has 7 nitrogen and oxygen atoms in total. The Hall–Kier alpha value is -3.11. The average molecular weight is 406 g/mol. The van der Waals surface area contributed by atoms with Crippen molar-refractivity contribution in [1.29, 1.82) is 5.26 Å². The molecule has 0 radical (unpaired) electrons. The van der Waals surface area contributed by atoms with E-state index in [4.69, 9.17) is 4.74 Å². The van der Waals surface area contributed by atoms with E-state index in [2.05, 4.69) is 5.32 Å². The summed E-state index contributed by atoms with van der Waals surface area (Å²) >= 11 is 0. The minimum atomic E-state index is -0.405. The Balaban J connectivity index is 1.55. The number of nitrogens with one attached hydrogen (secondary N) is 1. The van der Waals surface area contributed by atoms with E-state index in [0.717, 1.165) is 61.8 Å². The lowest BCUT2D eigenvalue weighted by Gasteiger charge is -2.15. The van der Waals surface area contributed by atoms with Crippen LogP contribution < -0.4 is 5.32 Å². The van der Waals surface area contributed by atoms with Gasteiger partial charge in [-0.15, -0.1) is 0 Å². The molecule has 1 atom stereocenters. The van der Waals surface area contributed by atoms with Gasteiger partial charge in [0, 0.05) is 48.9 Å². The van der Waals surface area contributed by atoms with Gasteiger partial charge in [0.1, 0.15) is 18.2 Å². The topological polar surface area (TPSA) is 87.4 Å². The molecule has 2 aromatic rings. The van der Waals surface area contributed by atoms with Crippen molar-refractivity contribution in [3.63, 3.8) is 0 Å². The predicted octanol–water partition coefficient (Wildman–Crippen LogP) is 2.47. The van der Waals surface area contributed by atoms with Crippen molar-refractivity contribution >= 4 is 28.8 Å². The third-order valence-corrected chi connectivity index (χ3v) is 5.76. The number of benzene rings is 1. The van der Waals surface area contributed by atoms with E-state index in [1.807, 2.05) is 46.0 Å². The van der Waals surface area contributed by atoms with Crippen LogP contribution in [0.25, 0.3) is 17.0 Å². The first-order valence-corrected chi connectivity index (χ1v) is 10.5. The molecule has 0 unspecified atom stereocenters. The van der Waals surface area contributed by atoms with Gasteiger partial charge in [0.25, 0.3) is 5.91 Å². The van der Waals surface area contributed by atoms with E-state index in [9.17, 15) is 14.9 Å². The summed E-state index contributed by atoms with van der Waals surface area (Å²) in [6.07, 6.45) is 7.50. The largest absolute Gasteiger partial charge is 0.376 e. The zero-order valence-electron chi connectivity index (χ0n) is 17.0. The van der Waals surface area contributed by atoms with E-state index < -0.39 is 5.91 Å². The Morgan fingerprint density at radius 2 is 2.03 bits per heavy atom. The molecule has 1 aromatic heterocycles. The van der Waals surface area contributed by atoms with Gasteiger partial charge in [0.05, 0.1) is 6.10 Å². The fourth-order valence-electron chi connectivity index (χ4n) is 4.14. The van der Waals surface area contributed by atoms with Crippen molar-refractivity contribution in [1.82, 2.24) is 14.8 Å². The van der Waals surface area contributed by atoms with Crippen LogP contribution in [0, 0.1) is 11.3 Å². The number of aromatic nitrogens is 1. The predicted molar refractivity (Wildman–Crippen MR) is 113 cm³/mol. The van der Waals surface area contributed by atoms with Crippen LogP contribution in [0.1, 0.15) is 31.2 Å². The number of amides is 2. The Morgan fingerprint density at radius 3 is 2.77 bits per heavy atom. The number of hydrogen-bond donors (Lipinski definition) is 1. The Labute approximate surface area is 175 Å². The monoisotopic (exact) mass is 406 g/mol. The van der Waals surface area contributed by atoms with Crippen molar-refractivity contribution in [3.8, 4) is 6.07 Å². The first-order valence-electron chi connectivity index (χ1n) is 10.5. The highest BCUT2D eigenvalue weighted by molar-refractivity contribution is 6.04. The van der Waals surface area contributed by atoms with Crippen LogP contribution in [0.5, 0.6) is 0 Å². The van der Waals surface area contributed by atoms with Gasteiger partial charge in [-0.2, -0.15) is 5.26 Å². The number of carbonyl (C=O) groups is 2. The average Bonchev–Trinajstić information content (AvgIpc) is 3.52. The van der Waals surface area contributed by atoms with Crippen molar-refractivity contribution in [3.05, 3.63) is 41.6 Å². The van der Waals surface area contributed by atoms with E-state index >= 15 is 0 Å². The summed E-state index contributed by atoms with van der Waals surface area (Å²) in [7, 11) is 0. The van der Waals surface area contributed by atoms with E-state index in [1.54, 1.807) is 6.08 Å². The maximum absolute atomic E-state index is 12.6. The van der Waals surface area contributed by atoms with Gasteiger partial charge in [-0.05, 0) is 37.8 Å². The molecule has 1 N–H and O–H groups in total. The smallest absolute Gasteiger partial charge is 0.262 e. The van der Waals surface area contributed by atoms with Gasteiger partial charge in [-0.25, -0.2) is 0 Å². The fraction of sp³-hybridized carbons (Fsp3) is 0.435. The molecule has 2 aliphatic heterocycles. The van der Waals surface area contributed by atoms with Crippen LogP contribution in [-0.2, 0) is 20.9 Å². The summed E-state index contributed by atoms with van der Waals surface area (Å²) in [6.45, 7) is 3.01. The van der Waals surface area contributed by atoms with Crippen LogP contribution in [0.2, 0.25) is 0 Å². The van der Waals surface area contributed by atoms with Crippen LogP contribution in [0.3, 0.4) is 0 Å². The molecular weight excluding hydrogens is 380 g/mol. The minimum Gasteiger partial charge on any atom is -0.376 e. The second-order valence-electron chi connectivity index (χ2n) is 7.83. The molecule has 0 aliphatic carbocycles. The second kappa shape index (κ2) is 9.14. The van der Waals surface area contributed by atoms with E-state index in [1.165, 1.54) is 0 Å². The SMILES string of the molecule is N#C/C(=C\c1cn(CC(=O)N2CCCC2)c2ccccc12)C(=O)NC[C@@H]1CCCO1. The van der Waals surface area contributed by atoms with E-state index in [0.29, 0.717) is 6.54 Å². The maximum atomic E-state index is 12.6. The van der Waals surface area contributed by atoms with Crippen molar-refractivity contribution in [2.75, 3.05) is 26.2 Å². The Kier molecular flexibility index (Phi) is 6.15. The zero-order valence-corrected chi connectivity index (χ0v) is 17.0. The number of para-hydroxylation sites is 1. The molecule has 1 aromatic carbocycles. The molecule has 2 fully saturated rings. The quantitative estimate of drug-likeness (QED) is 0.590. The molecule has 4 rings (SSSR count). The van der Waals surface area contributed by atoms with Gasteiger partial charge in [0.2, 0.25) is 5.91 Å². The summed E-state index contributed by atoms with van der Waals surface area (Å²) in [5.41, 5.74) is 1.71. The van der Waals surface area contributed by atoms with Crippen molar-refractivity contribution in [2.24, 2.45) is 0 Å². The summed E-state index contributed by atoms with van der Waals surface area (Å²) in [5.74, 6) is -0.309. The van der Waals surface area contributed by atoms with Crippen LogP contribution in [-0.4, -0.2) is 53.6 Å². The number of nitrogens with zero attached hydrogens (tertiary/aromatic N) is 3. The molecule has 3 heterocycles. The molecule has 2 aliphatic rings. The summed E-state index contributed by atoms with van der Waals surface area (Å²) in [4.78, 5) is 27.0. The van der Waals surface area contributed by atoms with Gasteiger partial charge in [-0.1, -0.05) is 18.2 Å². The fourth-order valence-corrected chi connectivity index (χ4v) is 4.14. The summed E-state index contributed by atoms with van der Waals surface area (Å²) < 4.78 is 7.42. The van der Waals surface area contributed by atoms with Gasteiger partial charge >= 0.3 is 0 Å². The zero-order chi connectivity index (χ0) is 20.9. The van der Waals surface area contributed by atoms with Crippen LogP contribution >= 0.6 is 0 Å². The first-order chi connectivity index (χ1) is 14.7. The number of ether oxygens (including phenoxy) is 1. The molecular formula is C23H26N4O3.